The third kappa shape index (κ3) is 3.77. The summed E-state index contributed by atoms with van der Waals surface area (Å²) in [5.74, 6) is 3.74. The van der Waals surface area contributed by atoms with Crippen molar-refractivity contribution < 1.29 is 9.47 Å². The Bertz CT molecular complexity index is 2490. The summed E-state index contributed by atoms with van der Waals surface area (Å²) in [6.07, 6.45) is 1.12. The molecule has 4 heterocycles. The summed E-state index contributed by atoms with van der Waals surface area (Å²) in [7, 11) is 0. The number of benzene rings is 5. The van der Waals surface area contributed by atoms with Crippen LogP contribution in [-0.4, -0.2) is 11.3 Å². The van der Waals surface area contributed by atoms with Crippen LogP contribution in [0.4, 0.5) is 0 Å². The first kappa shape index (κ1) is 28.5. The molecule has 2 aromatic heterocycles. The Kier molecular flexibility index (Phi) is 5.44. The molecule has 0 spiro atoms. The number of nitrogens with zero attached hydrogens (tertiary/aromatic N) is 1. The highest BCUT2D eigenvalue weighted by Gasteiger charge is 2.47. The summed E-state index contributed by atoms with van der Waals surface area (Å²) in [4.78, 5) is 0. The van der Waals surface area contributed by atoms with Crippen molar-refractivity contribution in [3.8, 4) is 28.7 Å². The highest BCUT2D eigenvalue weighted by molar-refractivity contribution is 7.33. The molecule has 0 radical (unpaired) electrons. The molecule has 48 heavy (non-hydrogen) atoms. The van der Waals surface area contributed by atoms with Crippen molar-refractivity contribution in [1.82, 2.24) is 4.57 Å². The first-order valence-corrected chi connectivity index (χ1v) is 18.0. The van der Waals surface area contributed by atoms with Gasteiger partial charge in [-0.05, 0) is 75.2 Å². The molecule has 0 N–H and O–H groups in total. The van der Waals surface area contributed by atoms with Crippen molar-refractivity contribution in [3.63, 3.8) is 0 Å². The molecule has 0 bridgehead atoms. The van der Waals surface area contributed by atoms with E-state index in [0.717, 1.165) is 40.6 Å². The molecule has 236 valence electrons. The molecular formula is C43H38BNO2S. The van der Waals surface area contributed by atoms with Gasteiger partial charge in [0, 0.05) is 43.2 Å². The monoisotopic (exact) mass is 643 g/mol. The molecule has 0 saturated carbocycles. The van der Waals surface area contributed by atoms with Gasteiger partial charge in [-0.25, -0.2) is 0 Å². The van der Waals surface area contributed by atoms with Crippen LogP contribution in [0.5, 0.6) is 23.0 Å². The number of fused-ring (bicyclic) bond motifs is 10. The second kappa shape index (κ2) is 9.15. The Morgan fingerprint density at radius 3 is 1.98 bits per heavy atom. The van der Waals surface area contributed by atoms with Crippen LogP contribution >= 0.6 is 11.3 Å². The van der Waals surface area contributed by atoms with Crippen LogP contribution in [0.2, 0.25) is 0 Å². The summed E-state index contributed by atoms with van der Waals surface area (Å²) >= 11 is 1.87. The van der Waals surface area contributed by atoms with Gasteiger partial charge in [-0.3, -0.25) is 0 Å². The summed E-state index contributed by atoms with van der Waals surface area (Å²) in [5, 5.41) is 3.68. The van der Waals surface area contributed by atoms with E-state index >= 15 is 0 Å². The van der Waals surface area contributed by atoms with Gasteiger partial charge >= 0.3 is 0 Å². The predicted octanol–water partition coefficient (Wildman–Crippen LogP) is 9.98. The van der Waals surface area contributed by atoms with Crippen LogP contribution in [-0.2, 0) is 16.2 Å². The summed E-state index contributed by atoms with van der Waals surface area (Å²) in [6.45, 7) is 16.5. The highest BCUT2D eigenvalue weighted by atomic mass is 32.1. The maximum absolute atomic E-state index is 7.11. The van der Waals surface area contributed by atoms with Crippen LogP contribution in [0.3, 0.4) is 0 Å². The number of hydrogen-bond donors (Lipinski definition) is 0. The molecule has 0 unspecified atom stereocenters. The quantitative estimate of drug-likeness (QED) is 0.166. The molecule has 1 aliphatic carbocycles. The molecule has 0 saturated heterocycles. The van der Waals surface area contributed by atoms with Crippen molar-refractivity contribution >= 4 is 65.6 Å². The molecule has 3 nitrogen and oxygen atoms in total. The molecule has 7 aromatic rings. The highest BCUT2D eigenvalue weighted by Crippen LogP contribution is 2.51. The Balaban J connectivity index is 1.27. The van der Waals surface area contributed by atoms with Gasteiger partial charge in [0.1, 0.15) is 23.0 Å². The normalized spacial score (nSPS) is 16.8. The van der Waals surface area contributed by atoms with Gasteiger partial charge < -0.3 is 14.0 Å². The van der Waals surface area contributed by atoms with Crippen LogP contribution in [0.1, 0.15) is 71.6 Å². The minimum atomic E-state index is 0.0370. The maximum Gasteiger partial charge on any atom is 0.273 e. The molecule has 3 aliphatic rings. The molecule has 0 atom stereocenters. The lowest BCUT2D eigenvalue weighted by molar-refractivity contribution is 0.402. The lowest BCUT2D eigenvalue weighted by atomic mass is 9.37. The number of para-hydroxylation sites is 2. The largest absolute Gasteiger partial charge is 0.458 e. The third-order valence-corrected chi connectivity index (χ3v) is 12.5. The molecule has 5 aromatic carbocycles. The topological polar surface area (TPSA) is 23.4 Å². The Morgan fingerprint density at radius 1 is 0.688 bits per heavy atom. The number of rotatable bonds is 1. The van der Waals surface area contributed by atoms with Crippen molar-refractivity contribution in [2.24, 2.45) is 0 Å². The predicted molar refractivity (Wildman–Crippen MR) is 203 cm³/mol. The van der Waals surface area contributed by atoms with Crippen LogP contribution < -0.4 is 25.2 Å². The fraction of sp³-hybridized carbons (Fsp3) is 0.256. The smallest absolute Gasteiger partial charge is 0.273 e. The van der Waals surface area contributed by atoms with E-state index in [-0.39, 0.29) is 23.0 Å². The van der Waals surface area contributed by atoms with Crippen molar-refractivity contribution in [2.75, 3.05) is 0 Å². The van der Waals surface area contributed by atoms with E-state index in [4.69, 9.17) is 9.47 Å². The van der Waals surface area contributed by atoms with E-state index in [0.29, 0.717) is 0 Å². The number of ether oxygens (including phenoxy) is 2. The van der Waals surface area contributed by atoms with Gasteiger partial charge in [0.25, 0.3) is 6.71 Å². The van der Waals surface area contributed by atoms with E-state index in [9.17, 15) is 0 Å². The van der Waals surface area contributed by atoms with Crippen molar-refractivity contribution in [3.05, 3.63) is 108 Å². The Hall–Kier alpha value is -4.48. The summed E-state index contributed by atoms with van der Waals surface area (Å²) in [5.41, 5.74) is 10.2. The zero-order valence-electron chi connectivity index (χ0n) is 28.6. The standard InChI is InChI=1S/C43H38BNO2S/c1-41(2,3)24-16-17-37-28(18-24)39-40(48-37)44-31-21-29-30(43(6,7)23-42(29,4)5)22-34(31)46-35-19-25(20-36(47-39)38(35)44)45-32-14-10-8-12-26(32)27-13-9-11-15-33(27)45/h8-22H,23H2,1-7H3. The summed E-state index contributed by atoms with van der Waals surface area (Å²) in [6, 6.07) is 33.7. The van der Waals surface area contributed by atoms with Gasteiger partial charge in [0.15, 0.2) is 0 Å². The van der Waals surface area contributed by atoms with E-state index in [2.05, 4.69) is 144 Å². The third-order valence-electron chi connectivity index (χ3n) is 11.2. The molecule has 10 rings (SSSR count). The molecule has 2 aliphatic heterocycles. The lowest BCUT2D eigenvalue weighted by Gasteiger charge is -2.33. The first-order valence-electron chi connectivity index (χ1n) is 17.2. The van der Waals surface area contributed by atoms with E-state index in [1.807, 2.05) is 11.3 Å². The number of hydrogen-bond acceptors (Lipinski definition) is 3. The van der Waals surface area contributed by atoms with E-state index in [1.54, 1.807) is 0 Å². The Morgan fingerprint density at radius 2 is 1.31 bits per heavy atom. The number of thiophene rings is 1. The average Bonchev–Trinajstić information content (AvgIpc) is 3.64. The fourth-order valence-corrected chi connectivity index (χ4v) is 10.4. The van der Waals surface area contributed by atoms with Crippen molar-refractivity contribution in [1.29, 1.82) is 0 Å². The van der Waals surface area contributed by atoms with Crippen LogP contribution in [0.25, 0.3) is 37.6 Å². The van der Waals surface area contributed by atoms with E-state index in [1.165, 1.54) is 58.8 Å². The van der Waals surface area contributed by atoms with Gasteiger partial charge in [-0.2, -0.15) is 0 Å². The van der Waals surface area contributed by atoms with Gasteiger partial charge in [-0.15, -0.1) is 11.3 Å². The fourth-order valence-electron chi connectivity index (χ4n) is 9.21. The molecule has 0 amide bonds. The molecule has 5 heteroatoms. The Labute approximate surface area is 286 Å². The van der Waals surface area contributed by atoms with Crippen LogP contribution in [0, 0.1) is 0 Å². The van der Waals surface area contributed by atoms with E-state index < -0.39 is 0 Å². The molecular weight excluding hydrogens is 605 g/mol. The maximum atomic E-state index is 7.11. The SMILES string of the molecule is CC(C)(C)c1ccc2sc3c(c2c1)Oc1cc(-n2c4ccccc4c4ccccc42)cc2c1B3c1cc3c(cc1O2)C(C)(C)CC3(C)C. The summed E-state index contributed by atoms with van der Waals surface area (Å²) < 4.78 is 19.0. The minimum Gasteiger partial charge on any atom is -0.458 e. The zero-order valence-corrected chi connectivity index (χ0v) is 29.4. The van der Waals surface area contributed by atoms with Gasteiger partial charge in [0.05, 0.1) is 16.7 Å². The van der Waals surface area contributed by atoms with Crippen molar-refractivity contribution in [2.45, 2.75) is 71.1 Å². The van der Waals surface area contributed by atoms with Gasteiger partial charge in [0.2, 0.25) is 0 Å². The lowest BCUT2D eigenvalue weighted by Crippen LogP contribution is -2.56. The second-order valence-electron chi connectivity index (χ2n) is 16.5. The zero-order chi connectivity index (χ0) is 32.9. The molecule has 0 fully saturated rings. The van der Waals surface area contributed by atoms with Gasteiger partial charge in [-0.1, -0.05) is 97.0 Å². The number of aromatic nitrogens is 1. The second-order valence-corrected chi connectivity index (χ2v) is 17.6. The first-order chi connectivity index (χ1) is 22.9. The average molecular weight is 644 g/mol. The van der Waals surface area contributed by atoms with Crippen LogP contribution in [0.15, 0.2) is 91.0 Å². The minimum absolute atomic E-state index is 0.0370.